The summed E-state index contributed by atoms with van der Waals surface area (Å²) in [6.45, 7) is 3.25. The van der Waals surface area contributed by atoms with Crippen molar-refractivity contribution >= 4 is 6.34 Å². The largest absolute Gasteiger partial charge is 0.356 e. The Morgan fingerprint density at radius 2 is 2.78 bits per heavy atom. The number of hydrogen-bond donors (Lipinski definition) is 0. The van der Waals surface area contributed by atoms with Gasteiger partial charge in [0.25, 0.3) is 0 Å². The normalized spacial score (nSPS) is 29.7. The molecule has 9 heavy (non-hydrogen) atoms. The van der Waals surface area contributed by atoms with E-state index in [0.717, 1.165) is 12.6 Å². The zero-order valence-corrected chi connectivity index (χ0v) is 5.54. The highest BCUT2D eigenvalue weighted by Crippen LogP contribution is 2.35. The Hall–Kier alpha value is -0.790. The summed E-state index contributed by atoms with van der Waals surface area (Å²) in [6, 6.07) is 0.729. The van der Waals surface area contributed by atoms with Crippen LogP contribution in [-0.2, 0) is 0 Å². The van der Waals surface area contributed by atoms with E-state index in [-0.39, 0.29) is 0 Å². The quantitative estimate of drug-likeness (QED) is 0.506. The van der Waals surface area contributed by atoms with Gasteiger partial charge in [-0.2, -0.15) is 0 Å². The molecule has 1 aliphatic carbocycles. The van der Waals surface area contributed by atoms with Gasteiger partial charge in [-0.3, -0.25) is 0 Å². The Bertz CT molecular complexity index is 181. The molecule has 1 unspecified atom stereocenters. The molecule has 2 aliphatic rings. The van der Waals surface area contributed by atoms with Crippen molar-refractivity contribution in [3.05, 3.63) is 11.8 Å². The number of fused-ring (bicyclic) bond motifs is 1. The third-order valence-corrected chi connectivity index (χ3v) is 1.92. The molecule has 0 radical (unpaired) electrons. The van der Waals surface area contributed by atoms with E-state index in [0.29, 0.717) is 0 Å². The summed E-state index contributed by atoms with van der Waals surface area (Å²) >= 11 is 0. The van der Waals surface area contributed by atoms with Crippen LogP contribution in [0.2, 0.25) is 0 Å². The van der Waals surface area contributed by atoms with Crippen molar-refractivity contribution in [2.75, 3.05) is 6.54 Å². The second-order valence-corrected chi connectivity index (χ2v) is 2.52. The number of likely N-dealkylation sites (N-methyl/N-ethyl adjacent to an activating group) is 1. The SMILES string of the molecule is CCN1C=NC=C2CC21. The Morgan fingerprint density at radius 3 is 3.44 bits per heavy atom. The fraction of sp³-hybridized carbons (Fsp3) is 0.571. The highest BCUT2D eigenvalue weighted by molar-refractivity contribution is 5.62. The second kappa shape index (κ2) is 1.59. The summed E-state index contributed by atoms with van der Waals surface area (Å²) in [7, 11) is 0. The molecular weight excluding hydrogens is 112 g/mol. The maximum absolute atomic E-state index is 4.09. The molecule has 1 fully saturated rings. The molecule has 1 heterocycles. The van der Waals surface area contributed by atoms with Crippen LogP contribution in [-0.4, -0.2) is 23.8 Å². The molecule has 0 aromatic rings. The number of hydrogen-bond acceptors (Lipinski definition) is 2. The molecule has 0 N–H and O–H groups in total. The molecule has 0 aromatic carbocycles. The lowest BCUT2D eigenvalue weighted by Crippen LogP contribution is -2.25. The molecule has 0 amide bonds. The van der Waals surface area contributed by atoms with Crippen molar-refractivity contribution in [1.29, 1.82) is 0 Å². The van der Waals surface area contributed by atoms with Crippen LogP contribution in [0.1, 0.15) is 13.3 Å². The smallest absolute Gasteiger partial charge is 0.0910 e. The van der Waals surface area contributed by atoms with E-state index in [9.17, 15) is 0 Å². The van der Waals surface area contributed by atoms with Crippen LogP contribution in [0.4, 0.5) is 0 Å². The predicted octanol–water partition coefficient (Wildman–Crippen LogP) is 1.01. The third-order valence-electron chi connectivity index (χ3n) is 1.92. The molecule has 0 aromatic heterocycles. The van der Waals surface area contributed by atoms with Gasteiger partial charge in [0, 0.05) is 12.7 Å². The Balaban J connectivity index is 2.14. The molecule has 2 nitrogen and oxygen atoms in total. The first-order valence-corrected chi connectivity index (χ1v) is 3.40. The lowest BCUT2D eigenvalue weighted by atomic mass is 10.5. The lowest BCUT2D eigenvalue weighted by molar-refractivity contribution is 0.453. The monoisotopic (exact) mass is 122 g/mol. The van der Waals surface area contributed by atoms with Gasteiger partial charge in [0.1, 0.15) is 0 Å². The van der Waals surface area contributed by atoms with Crippen molar-refractivity contribution in [2.45, 2.75) is 19.4 Å². The van der Waals surface area contributed by atoms with Gasteiger partial charge < -0.3 is 4.90 Å². The summed E-state index contributed by atoms with van der Waals surface area (Å²) in [5.41, 5.74) is 1.50. The van der Waals surface area contributed by atoms with Crippen molar-refractivity contribution in [1.82, 2.24) is 4.90 Å². The van der Waals surface area contributed by atoms with Gasteiger partial charge in [0.05, 0.1) is 12.4 Å². The van der Waals surface area contributed by atoms with Gasteiger partial charge in [-0.25, -0.2) is 4.99 Å². The van der Waals surface area contributed by atoms with E-state index in [2.05, 4.69) is 16.8 Å². The first-order chi connectivity index (χ1) is 4.42. The van der Waals surface area contributed by atoms with Gasteiger partial charge in [-0.1, -0.05) is 0 Å². The summed E-state index contributed by atoms with van der Waals surface area (Å²) < 4.78 is 0. The third kappa shape index (κ3) is 0.661. The van der Waals surface area contributed by atoms with E-state index >= 15 is 0 Å². The average Bonchev–Trinajstić information content (AvgIpc) is 2.64. The second-order valence-electron chi connectivity index (χ2n) is 2.52. The fourth-order valence-corrected chi connectivity index (χ4v) is 1.23. The van der Waals surface area contributed by atoms with Crippen LogP contribution in [0.5, 0.6) is 0 Å². The fourth-order valence-electron chi connectivity index (χ4n) is 1.23. The maximum atomic E-state index is 4.09. The van der Waals surface area contributed by atoms with E-state index < -0.39 is 0 Å². The summed E-state index contributed by atoms with van der Waals surface area (Å²) in [5, 5.41) is 0. The molecule has 1 aliphatic heterocycles. The van der Waals surface area contributed by atoms with Gasteiger partial charge in [-0.15, -0.1) is 0 Å². The highest BCUT2D eigenvalue weighted by Gasteiger charge is 2.35. The molecule has 0 bridgehead atoms. The molecule has 0 spiro atoms. The van der Waals surface area contributed by atoms with Gasteiger partial charge in [0.2, 0.25) is 0 Å². The van der Waals surface area contributed by atoms with E-state index in [1.165, 1.54) is 12.0 Å². The first-order valence-electron chi connectivity index (χ1n) is 3.40. The summed E-state index contributed by atoms with van der Waals surface area (Å²) in [4.78, 5) is 6.36. The van der Waals surface area contributed by atoms with Crippen LogP contribution in [0.15, 0.2) is 16.8 Å². The molecule has 0 saturated heterocycles. The van der Waals surface area contributed by atoms with Crippen molar-refractivity contribution < 1.29 is 0 Å². The van der Waals surface area contributed by atoms with Crippen LogP contribution in [0.25, 0.3) is 0 Å². The van der Waals surface area contributed by atoms with Crippen molar-refractivity contribution in [2.24, 2.45) is 4.99 Å². The topological polar surface area (TPSA) is 15.6 Å². The van der Waals surface area contributed by atoms with E-state index in [1.54, 1.807) is 0 Å². The van der Waals surface area contributed by atoms with Crippen LogP contribution < -0.4 is 0 Å². The highest BCUT2D eigenvalue weighted by atomic mass is 15.2. The molecule has 48 valence electrons. The standard InChI is InChI=1S/C7H10N2/c1-2-9-5-8-4-6-3-7(6)9/h4-5,7H,2-3H2,1H3. The lowest BCUT2D eigenvalue weighted by Gasteiger charge is -2.16. The van der Waals surface area contributed by atoms with Crippen LogP contribution >= 0.6 is 0 Å². The Labute approximate surface area is 54.9 Å². The first kappa shape index (κ1) is 5.03. The minimum Gasteiger partial charge on any atom is -0.356 e. The molecule has 2 heteroatoms. The Kier molecular flexibility index (Phi) is 0.891. The zero-order valence-electron chi connectivity index (χ0n) is 5.54. The molecule has 2 rings (SSSR count). The number of rotatable bonds is 1. The maximum Gasteiger partial charge on any atom is 0.0910 e. The minimum absolute atomic E-state index is 0.729. The summed E-state index contributed by atoms with van der Waals surface area (Å²) in [5.74, 6) is 0. The molecule has 1 saturated carbocycles. The Morgan fingerprint density at radius 1 is 1.89 bits per heavy atom. The summed E-state index contributed by atoms with van der Waals surface area (Å²) in [6.07, 6.45) is 5.16. The van der Waals surface area contributed by atoms with Crippen LogP contribution in [0, 0.1) is 0 Å². The molecular formula is C7H10N2. The van der Waals surface area contributed by atoms with Crippen molar-refractivity contribution in [3.63, 3.8) is 0 Å². The van der Waals surface area contributed by atoms with Crippen LogP contribution in [0.3, 0.4) is 0 Å². The van der Waals surface area contributed by atoms with Gasteiger partial charge >= 0.3 is 0 Å². The number of aliphatic imine (C=N–C) groups is 1. The van der Waals surface area contributed by atoms with Gasteiger partial charge in [-0.05, 0) is 18.9 Å². The number of nitrogens with zero attached hydrogens (tertiary/aromatic N) is 2. The minimum atomic E-state index is 0.729. The molecule has 1 atom stereocenters. The zero-order chi connectivity index (χ0) is 6.27. The van der Waals surface area contributed by atoms with Gasteiger partial charge in [0.15, 0.2) is 0 Å². The van der Waals surface area contributed by atoms with E-state index in [1.807, 2.05) is 12.5 Å². The van der Waals surface area contributed by atoms with Crippen molar-refractivity contribution in [3.8, 4) is 0 Å². The average molecular weight is 122 g/mol. The van der Waals surface area contributed by atoms with E-state index in [4.69, 9.17) is 0 Å². The predicted molar refractivity (Wildman–Crippen MR) is 37.4 cm³/mol.